The van der Waals surface area contributed by atoms with E-state index in [1.165, 1.54) is 0 Å². The molecule has 0 aromatic carbocycles. The lowest BCUT2D eigenvalue weighted by Gasteiger charge is -2.16. The fourth-order valence-electron chi connectivity index (χ4n) is 1.23. The van der Waals surface area contributed by atoms with Crippen LogP contribution in [0.3, 0.4) is 0 Å². The number of nitrogens with zero attached hydrogens (tertiary/aromatic N) is 1. The Morgan fingerprint density at radius 2 is 2.05 bits per heavy atom. The number of alkyl carbamates (subject to hydrolysis) is 1. The first-order chi connectivity index (χ1) is 9.30. The van der Waals surface area contributed by atoms with Crippen LogP contribution < -0.4 is 10.6 Å². The number of carbonyl (C=O) groups excluding carboxylic acids is 2. The number of carbonyl (C=O) groups is 2. The van der Waals surface area contributed by atoms with E-state index in [0.717, 1.165) is 12.7 Å². The third kappa shape index (κ3) is 9.16. The molecule has 0 bridgehead atoms. The molecule has 1 unspecified atom stereocenters. The Balaban J connectivity index is 4.57. The van der Waals surface area contributed by atoms with Crippen LogP contribution in [0.5, 0.6) is 0 Å². The quantitative estimate of drug-likeness (QED) is 0.463. The maximum Gasteiger partial charge on any atom is 0.407 e. The molecule has 2 amide bonds. The van der Waals surface area contributed by atoms with Crippen molar-refractivity contribution in [1.29, 1.82) is 5.26 Å². The molecule has 0 fully saturated rings. The Morgan fingerprint density at radius 1 is 1.40 bits per heavy atom. The molecule has 0 spiro atoms. The molecule has 0 saturated carbocycles. The van der Waals surface area contributed by atoms with Gasteiger partial charge in [-0.2, -0.15) is 5.26 Å². The second-order valence-electron chi connectivity index (χ2n) is 4.15. The largest absolute Gasteiger partial charge is 0.450 e. The highest BCUT2D eigenvalue weighted by Gasteiger charge is 2.25. The van der Waals surface area contributed by atoms with Crippen LogP contribution in [-0.4, -0.2) is 51.6 Å². The van der Waals surface area contributed by atoms with E-state index in [9.17, 15) is 18.0 Å². The topological polar surface area (TPSA) is 125 Å². The van der Waals surface area contributed by atoms with E-state index in [1.54, 1.807) is 6.07 Å². The van der Waals surface area contributed by atoms with E-state index >= 15 is 0 Å². The predicted molar refractivity (Wildman–Crippen MR) is 71.5 cm³/mol. The Labute approximate surface area is 118 Å². The minimum atomic E-state index is -3.48. The third-order valence-electron chi connectivity index (χ3n) is 2.15. The molecule has 2 N–H and O–H groups in total. The molecule has 9 heteroatoms. The zero-order chi connectivity index (χ0) is 15.6. The fourth-order valence-corrected chi connectivity index (χ4v) is 2.07. The van der Waals surface area contributed by atoms with Crippen molar-refractivity contribution in [2.24, 2.45) is 0 Å². The molecule has 0 aliphatic carbocycles. The number of sulfone groups is 1. The Hall–Kier alpha value is -1.82. The standard InChI is InChI=1S/C11H19N3O5S/c1-3-4-7-19-11(16)14-9(8-20(2,17)18)10(15)13-6-5-12/h9H,3-4,6-8H2,1-2H3,(H,13,15)(H,14,16). The van der Waals surface area contributed by atoms with Crippen molar-refractivity contribution in [2.45, 2.75) is 25.8 Å². The summed E-state index contributed by atoms with van der Waals surface area (Å²) in [7, 11) is -3.48. The van der Waals surface area contributed by atoms with Crippen LogP contribution in [0.2, 0.25) is 0 Å². The Bertz CT molecular complexity index is 469. The molecule has 0 aromatic rings. The monoisotopic (exact) mass is 305 g/mol. The summed E-state index contributed by atoms with van der Waals surface area (Å²) in [6.45, 7) is 1.84. The molecule has 0 rings (SSSR count). The third-order valence-corrected chi connectivity index (χ3v) is 3.09. The number of nitrogens with one attached hydrogen (secondary N) is 2. The molecule has 0 radical (unpaired) electrons. The zero-order valence-corrected chi connectivity index (χ0v) is 12.3. The van der Waals surface area contributed by atoms with Gasteiger partial charge < -0.3 is 15.4 Å². The van der Waals surface area contributed by atoms with Gasteiger partial charge in [-0.15, -0.1) is 0 Å². The summed E-state index contributed by atoms with van der Waals surface area (Å²) < 4.78 is 27.2. The van der Waals surface area contributed by atoms with Gasteiger partial charge >= 0.3 is 6.09 Å². The van der Waals surface area contributed by atoms with Crippen molar-refractivity contribution in [3.8, 4) is 6.07 Å². The van der Waals surface area contributed by atoms with Crippen LogP contribution in [0, 0.1) is 11.3 Å². The Morgan fingerprint density at radius 3 is 2.55 bits per heavy atom. The van der Waals surface area contributed by atoms with Crippen LogP contribution in [0.1, 0.15) is 19.8 Å². The van der Waals surface area contributed by atoms with Gasteiger partial charge in [0, 0.05) is 6.26 Å². The molecule has 20 heavy (non-hydrogen) atoms. The summed E-state index contributed by atoms with van der Waals surface area (Å²) in [6, 6.07) is 0.401. The van der Waals surface area contributed by atoms with Gasteiger partial charge in [0.25, 0.3) is 0 Å². The van der Waals surface area contributed by atoms with Gasteiger partial charge in [-0.25, -0.2) is 13.2 Å². The second-order valence-corrected chi connectivity index (χ2v) is 6.34. The molecule has 1 atom stereocenters. The summed E-state index contributed by atoms with van der Waals surface area (Å²) in [5.41, 5.74) is 0. The lowest BCUT2D eigenvalue weighted by atomic mass is 10.3. The number of nitriles is 1. The summed E-state index contributed by atoms with van der Waals surface area (Å²) >= 11 is 0. The van der Waals surface area contributed by atoms with E-state index in [2.05, 4.69) is 10.6 Å². The van der Waals surface area contributed by atoms with Gasteiger partial charge in [0.15, 0.2) is 0 Å². The number of ether oxygens (including phenoxy) is 1. The first-order valence-corrected chi connectivity index (χ1v) is 8.12. The molecular weight excluding hydrogens is 286 g/mol. The van der Waals surface area contributed by atoms with Crippen molar-refractivity contribution in [3.05, 3.63) is 0 Å². The average Bonchev–Trinajstić information content (AvgIpc) is 2.33. The smallest absolute Gasteiger partial charge is 0.407 e. The van der Waals surface area contributed by atoms with Gasteiger partial charge in [0.05, 0.1) is 18.4 Å². The Kier molecular flexibility index (Phi) is 8.31. The van der Waals surface area contributed by atoms with Crippen molar-refractivity contribution >= 4 is 21.8 Å². The van der Waals surface area contributed by atoms with Gasteiger partial charge in [0.1, 0.15) is 22.4 Å². The first-order valence-electron chi connectivity index (χ1n) is 6.05. The van der Waals surface area contributed by atoms with Crippen molar-refractivity contribution in [1.82, 2.24) is 10.6 Å². The molecule has 0 aliphatic heterocycles. The summed E-state index contributed by atoms with van der Waals surface area (Å²) in [6.07, 6.45) is 1.59. The highest BCUT2D eigenvalue weighted by molar-refractivity contribution is 7.90. The molecule has 8 nitrogen and oxygen atoms in total. The highest BCUT2D eigenvalue weighted by atomic mass is 32.2. The van der Waals surface area contributed by atoms with E-state index in [-0.39, 0.29) is 13.2 Å². The van der Waals surface area contributed by atoms with Crippen LogP contribution in [0.4, 0.5) is 4.79 Å². The lowest BCUT2D eigenvalue weighted by Crippen LogP contribution is -2.50. The van der Waals surface area contributed by atoms with E-state index in [0.29, 0.717) is 6.42 Å². The van der Waals surface area contributed by atoms with Crippen molar-refractivity contribution in [3.63, 3.8) is 0 Å². The van der Waals surface area contributed by atoms with Crippen molar-refractivity contribution in [2.75, 3.05) is 25.2 Å². The van der Waals surface area contributed by atoms with Crippen LogP contribution in [-0.2, 0) is 19.4 Å². The fraction of sp³-hybridized carbons (Fsp3) is 0.727. The van der Waals surface area contributed by atoms with Gasteiger partial charge in [0.2, 0.25) is 5.91 Å². The lowest BCUT2D eigenvalue weighted by molar-refractivity contribution is -0.122. The first kappa shape index (κ1) is 18.2. The number of amides is 2. The molecule has 0 aromatic heterocycles. The number of hydrogen-bond donors (Lipinski definition) is 2. The average molecular weight is 305 g/mol. The summed E-state index contributed by atoms with van der Waals surface area (Å²) in [5.74, 6) is -1.31. The summed E-state index contributed by atoms with van der Waals surface area (Å²) in [5, 5.41) is 12.7. The van der Waals surface area contributed by atoms with E-state index in [4.69, 9.17) is 10.00 Å². The van der Waals surface area contributed by atoms with E-state index in [1.807, 2.05) is 6.92 Å². The molecular formula is C11H19N3O5S. The normalized spacial score (nSPS) is 12.1. The zero-order valence-electron chi connectivity index (χ0n) is 11.5. The maximum absolute atomic E-state index is 11.6. The van der Waals surface area contributed by atoms with Gasteiger partial charge in [-0.05, 0) is 6.42 Å². The van der Waals surface area contributed by atoms with Gasteiger partial charge in [-0.3, -0.25) is 4.79 Å². The number of rotatable bonds is 8. The molecule has 114 valence electrons. The summed E-state index contributed by atoms with van der Waals surface area (Å²) in [4.78, 5) is 23.1. The maximum atomic E-state index is 11.6. The number of hydrogen-bond acceptors (Lipinski definition) is 6. The molecule has 0 heterocycles. The number of unbranched alkanes of at least 4 members (excludes halogenated alkanes) is 1. The molecule has 0 saturated heterocycles. The second kappa shape index (κ2) is 9.14. The molecule has 0 aliphatic rings. The predicted octanol–water partition coefficient (Wildman–Crippen LogP) is -0.434. The SMILES string of the molecule is CCCCOC(=O)NC(CS(C)(=O)=O)C(=O)NCC#N. The van der Waals surface area contributed by atoms with Crippen LogP contribution in [0.15, 0.2) is 0 Å². The van der Waals surface area contributed by atoms with Crippen molar-refractivity contribution < 1.29 is 22.7 Å². The minimum absolute atomic E-state index is 0.188. The van der Waals surface area contributed by atoms with E-state index < -0.39 is 33.6 Å². The van der Waals surface area contributed by atoms with Gasteiger partial charge in [-0.1, -0.05) is 13.3 Å². The highest BCUT2D eigenvalue weighted by Crippen LogP contribution is 1.95. The minimum Gasteiger partial charge on any atom is -0.450 e. The van der Waals surface area contributed by atoms with Crippen LogP contribution in [0.25, 0.3) is 0 Å². The van der Waals surface area contributed by atoms with Crippen LogP contribution >= 0.6 is 0 Å².